The molecule has 1 aliphatic heterocycles. The third-order valence-corrected chi connectivity index (χ3v) is 5.84. The zero-order chi connectivity index (χ0) is 15.2. The SMILES string of the molecule is O=C(NC1CNCC(C2CC2)C1)C1(c2ccc(Cl)cc2)CC1. The number of rotatable bonds is 4. The lowest BCUT2D eigenvalue weighted by Crippen LogP contribution is -2.51. The molecule has 0 bridgehead atoms. The van der Waals surface area contributed by atoms with Crippen molar-refractivity contribution in [1.29, 1.82) is 0 Å². The molecule has 0 radical (unpaired) electrons. The normalized spacial score (nSPS) is 29.9. The highest BCUT2D eigenvalue weighted by Gasteiger charge is 2.51. The van der Waals surface area contributed by atoms with Crippen molar-refractivity contribution in [2.75, 3.05) is 13.1 Å². The molecular weight excluding hydrogens is 296 g/mol. The molecule has 2 aliphatic carbocycles. The first-order chi connectivity index (χ1) is 10.7. The van der Waals surface area contributed by atoms with Gasteiger partial charge in [-0.1, -0.05) is 23.7 Å². The quantitative estimate of drug-likeness (QED) is 0.896. The van der Waals surface area contributed by atoms with Gasteiger partial charge in [0.2, 0.25) is 5.91 Å². The van der Waals surface area contributed by atoms with E-state index in [1.807, 2.05) is 24.3 Å². The summed E-state index contributed by atoms with van der Waals surface area (Å²) in [7, 11) is 0. The minimum absolute atomic E-state index is 0.207. The van der Waals surface area contributed by atoms with Gasteiger partial charge < -0.3 is 10.6 Å². The average Bonchev–Trinajstić information content (AvgIpc) is 3.40. The number of carbonyl (C=O) groups is 1. The molecule has 1 aromatic carbocycles. The molecule has 3 aliphatic rings. The second-order valence-electron chi connectivity index (χ2n) is 7.25. The fraction of sp³-hybridized carbons (Fsp3) is 0.611. The maximum Gasteiger partial charge on any atom is 0.230 e. The van der Waals surface area contributed by atoms with Gasteiger partial charge in [-0.15, -0.1) is 0 Å². The van der Waals surface area contributed by atoms with E-state index in [-0.39, 0.29) is 17.4 Å². The van der Waals surface area contributed by atoms with Crippen molar-refractivity contribution in [3.63, 3.8) is 0 Å². The lowest BCUT2D eigenvalue weighted by Gasteiger charge is -2.32. The Morgan fingerprint density at radius 3 is 2.50 bits per heavy atom. The summed E-state index contributed by atoms with van der Waals surface area (Å²) in [4.78, 5) is 12.8. The molecule has 1 saturated heterocycles. The van der Waals surface area contributed by atoms with Gasteiger partial charge in [-0.25, -0.2) is 0 Å². The molecule has 4 rings (SSSR count). The fourth-order valence-electron chi connectivity index (χ4n) is 3.88. The summed E-state index contributed by atoms with van der Waals surface area (Å²) in [5.41, 5.74) is 0.814. The van der Waals surface area contributed by atoms with Crippen molar-refractivity contribution >= 4 is 17.5 Å². The van der Waals surface area contributed by atoms with Crippen molar-refractivity contribution in [3.8, 4) is 0 Å². The van der Waals surface area contributed by atoms with E-state index in [1.165, 1.54) is 12.8 Å². The number of piperidine rings is 1. The van der Waals surface area contributed by atoms with E-state index in [1.54, 1.807) is 0 Å². The smallest absolute Gasteiger partial charge is 0.230 e. The Kier molecular flexibility index (Phi) is 3.66. The maximum atomic E-state index is 12.8. The average molecular weight is 319 g/mol. The van der Waals surface area contributed by atoms with E-state index in [0.717, 1.165) is 54.8 Å². The molecule has 2 unspecified atom stereocenters. The van der Waals surface area contributed by atoms with E-state index in [4.69, 9.17) is 11.6 Å². The summed E-state index contributed by atoms with van der Waals surface area (Å²) in [6.07, 6.45) is 5.79. The Bertz CT molecular complexity index is 563. The van der Waals surface area contributed by atoms with Crippen LogP contribution in [0.25, 0.3) is 0 Å². The molecule has 22 heavy (non-hydrogen) atoms. The number of hydrogen-bond donors (Lipinski definition) is 2. The molecule has 1 aromatic rings. The van der Waals surface area contributed by atoms with Gasteiger partial charge in [0.15, 0.2) is 0 Å². The number of carbonyl (C=O) groups excluding carboxylic acids is 1. The van der Waals surface area contributed by atoms with Crippen molar-refractivity contribution in [1.82, 2.24) is 10.6 Å². The monoisotopic (exact) mass is 318 g/mol. The number of halogens is 1. The van der Waals surface area contributed by atoms with Crippen LogP contribution in [-0.4, -0.2) is 25.0 Å². The van der Waals surface area contributed by atoms with Crippen LogP contribution in [0, 0.1) is 11.8 Å². The van der Waals surface area contributed by atoms with Gasteiger partial charge in [-0.2, -0.15) is 0 Å². The molecule has 2 atom stereocenters. The van der Waals surface area contributed by atoms with Gasteiger partial charge in [0.1, 0.15) is 0 Å². The van der Waals surface area contributed by atoms with Crippen molar-refractivity contribution in [2.45, 2.75) is 43.6 Å². The molecule has 4 heteroatoms. The summed E-state index contributed by atoms with van der Waals surface area (Å²) < 4.78 is 0. The summed E-state index contributed by atoms with van der Waals surface area (Å²) in [6, 6.07) is 8.06. The summed E-state index contributed by atoms with van der Waals surface area (Å²) in [6.45, 7) is 2.03. The lowest BCUT2D eigenvalue weighted by atomic mass is 9.90. The van der Waals surface area contributed by atoms with Gasteiger partial charge in [0.25, 0.3) is 0 Å². The second-order valence-corrected chi connectivity index (χ2v) is 7.69. The topological polar surface area (TPSA) is 41.1 Å². The Hall–Kier alpha value is -1.06. The first-order valence-electron chi connectivity index (χ1n) is 8.45. The first kappa shape index (κ1) is 14.5. The second kappa shape index (κ2) is 5.54. The summed E-state index contributed by atoms with van der Waals surface area (Å²) >= 11 is 5.96. The largest absolute Gasteiger partial charge is 0.351 e. The minimum atomic E-state index is -0.295. The third-order valence-electron chi connectivity index (χ3n) is 5.59. The molecular formula is C18H23ClN2O. The molecule has 1 heterocycles. The highest BCUT2D eigenvalue weighted by molar-refractivity contribution is 6.30. The van der Waals surface area contributed by atoms with Gasteiger partial charge in [-0.3, -0.25) is 4.79 Å². The molecule has 3 fully saturated rings. The van der Waals surface area contributed by atoms with Crippen LogP contribution in [0.2, 0.25) is 5.02 Å². The molecule has 118 valence electrons. The molecule has 3 nitrogen and oxygen atoms in total. The van der Waals surface area contributed by atoms with E-state index in [9.17, 15) is 4.79 Å². The molecule has 2 saturated carbocycles. The highest BCUT2D eigenvalue weighted by atomic mass is 35.5. The number of benzene rings is 1. The number of amides is 1. The van der Waals surface area contributed by atoms with Gasteiger partial charge >= 0.3 is 0 Å². The van der Waals surface area contributed by atoms with Crippen LogP contribution in [-0.2, 0) is 10.2 Å². The van der Waals surface area contributed by atoms with E-state index >= 15 is 0 Å². The maximum absolute atomic E-state index is 12.8. The van der Waals surface area contributed by atoms with E-state index < -0.39 is 0 Å². The van der Waals surface area contributed by atoms with Crippen LogP contribution in [0.1, 0.15) is 37.7 Å². The number of hydrogen-bond acceptors (Lipinski definition) is 2. The van der Waals surface area contributed by atoms with Gasteiger partial charge in [-0.05, 0) is 68.2 Å². The molecule has 2 N–H and O–H groups in total. The van der Waals surface area contributed by atoms with Crippen LogP contribution < -0.4 is 10.6 Å². The van der Waals surface area contributed by atoms with Crippen LogP contribution in [0.3, 0.4) is 0 Å². The van der Waals surface area contributed by atoms with Crippen molar-refractivity contribution in [2.24, 2.45) is 11.8 Å². The van der Waals surface area contributed by atoms with Crippen LogP contribution in [0.15, 0.2) is 24.3 Å². The standard InChI is InChI=1S/C18H23ClN2O/c19-15-5-3-14(4-6-15)18(7-8-18)17(22)21-16-9-13(10-20-11-16)12-1-2-12/h3-6,12-13,16,20H,1-2,7-11H2,(H,21,22). The Morgan fingerprint density at radius 2 is 1.86 bits per heavy atom. The first-order valence-corrected chi connectivity index (χ1v) is 8.83. The predicted molar refractivity (Wildman–Crippen MR) is 88.0 cm³/mol. The Morgan fingerprint density at radius 1 is 1.14 bits per heavy atom. The van der Waals surface area contributed by atoms with Crippen LogP contribution in [0.5, 0.6) is 0 Å². The van der Waals surface area contributed by atoms with Crippen LogP contribution >= 0.6 is 11.6 Å². The molecule has 1 amide bonds. The van der Waals surface area contributed by atoms with Gasteiger partial charge in [0.05, 0.1) is 5.41 Å². The van der Waals surface area contributed by atoms with Crippen LogP contribution in [0.4, 0.5) is 0 Å². The zero-order valence-electron chi connectivity index (χ0n) is 12.8. The fourth-order valence-corrected chi connectivity index (χ4v) is 4.00. The molecule has 0 aromatic heterocycles. The van der Waals surface area contributed by atoms with E-state index in [0.29, 0.717) is 0 Å². The zero-order valence-corrected chi connectivity index (χ0v) is 13.5. The molecule has 0 spiro atoms. The minimum Gasteiger partial charge on any atom is -0.351 e. The Balaban J connectivity index is 1.42. The number of nitrogens with one attached hydrogen (secondary N) is 2. The third kappa shape index (κ3) is 2.77. The summed E-state index contributed by atoms with van der Waals surface area (Å²) in [5.74, 6) is 1.86. The van der Waals surface area contributed by atoms with Crippen molar-refractivity contribution < 1.29 is 4.79 Å². The Labute approximate surface area is 136 Å². The highest BCUT2D eigenvalue weighted by Crippen LogP contribution is 2.49. The van der Waals surface area contributed by atoms with Gasteiger partial charge in [0, 0.05) is 17.6 Å². The predicted octanol–water partition coefficient (Wildman–Crippen LogP) is 2.88. The van der Waals surface area contributed by atoms with Crippen molar-refractivity contribution in [3.05, 3.63) is 34.9 Å². The summed E-state index contributed by atoms with van der Waals surface area (Å²) in [5, 5.41) is 7.54. The van der Waals surface area contributed by atoms with E-state index in [2.05, 4.69) is 10.6 Å². The lowest BCUT2D eigenvalue weighted by molar-refractivity contribution is -0.124.